The number of anilines is 2. The number of carbonyl (C=O) groups is 2. The summed E-state index contributed by atoms with van der Waals surface area (Å²) in [6.07, 6.45) is 0. The maximum Gasteiger partial charge on any atom is 0.325 e. The summed E-state index contributed by atoms with van der Waals surface area (Å²) in [5.74, 6) is 0.845. The van der Waals surface area contributed by atoms with Crippen LogP contribution < -0.4 is 15.0 Å². The fourth-order valence-corrected chi connectivity index (χ4v) is 2.77. The number of nitrogens with one attached hydrogen (secondary N) is 1. The van der Waals surface area contributed by atoms with Gasteiger partial charge in [0.05, 0.1) is 12.8 Å². The topological polar surface area (TPSA) is 74.8 Å². The van der Waals surface area contributed by atoms with Gasteiger partial charge in [0.2, 0.25) is 5.91 Å². The van der Waals surface area contributed by atoms with Gasteiger partial charge in [-0.2, -0.15) is 0 Å². The summed E-state index contributed by atoms with van der Waals surface area (Å²) < 4.78 is 5.31. The lowest BCUT2D eigenvalue weighted by molar-refractivity contribution is -0.116. The van der Waals surface area contributed by atoms with Gasteiger partial charge in [0.1, 0.15) is 18.1 Å². The summed E-state index contributed by atoms with van der Waals surface area (Å²) in [5.41, 5.74) is 1.52. The van der Waals surface area contributed by atoms with Crippen LogP contribution in [0.1, 0.15) is 5.69 Å². The van der Waals surface area contributed by atoms with Crippen molar-refractivity contribution < 1.29 is 14.3 Å². The molecule has 1 aliphatic heterocycles. The van der Waals surface area contributed by atoms with Gasteiger partial charge in [-0.25, -0.2) is 9.78 Å². The van der Waals surface area contributed by atoms with E-state index in [1.54, 1.807) is 24.1 Å². The summed E-state index contributed by atoms with van der Waals surface area (Å²) in [6, 6.07) is 12.5. The Morgan fingerprint density at radius 2 is 2.00 bits per heavy atom. The van der Waals surface area contributed by atoms with E-state index >= 15 is 0 Å². The Hall–Kier alpha value is -3.09. The first kappa shape index (κ1) is 16.8. The second-order valence-electron chi connectivity index (χ2n) is 5.74. The highest BCUT2D eigenvalue weighted by atomic mass is 16.5. The molecular weight excluding hydrogens is 320 g/mol. The Labute approximate surface area is 146 Å². The van der Waals surface area contributed by atoms with Crippen LogP contribution in [-0.2, 0) is 4.79 Å². The molecule has 0 aliphatic carbocycles. The van der Waals surface area contributed by atoms with Crippen molar-refractivity contribution in [2.24, 2.45) is 0 Å². The monoisotopic (exact) mass is 340 g/mol. The number of ether oxygens (including phenoxy) is 1. The van der Waals surface area contributed by atoms with Crippen molar-refractivity contribution >= 4 is 23.4 Å². The van der Waals surface area contributed by atoms with Crippen LogP contribution >= 0.6 is 0 Å². The van der Waals surface area contributed by atoms with E-state index in [9.17, 15) is 9.59 Å². The summed E-state index contributed by atoms with van der Waals surface area (Å²) >= 11 is 0. The van der Waals surface area contributed by atoms with Crippen molar-refractivity contribution in [2.75, 3.05) is 37.0 Å². The molecule has 0 unspecified atom stereocenters. The lowest BCUT2D eigenvalue weighted by Crippen LogP contribution is -2.37. The van der Waals surface area contributed by atoms with E-state index in [-0.39, 0.29) is 18.5 Å². The highest BCUT2D eigenvalue weighted by Crippen LogP contribution is 2.30. The zero-order valence-corrected chi connectivity index (χ0v) is 14.2. The molecule has 2 aromatic rings. The number of hydrogen-bond acceptors (Lipinski definition) is 4. The van der Waals surface area contributed by atoms with E-state index in [0.29, 0.717) is 30.3 Å². The van der Waals surface area contributed by atoms with Gasteiger partial charge in [-0.3, -0.25) is 9.69 Å². The van der Waals surface area contributed by atoms with Gasteiger partial charge >= 0.3 is 6.03 Å². The van der Waals surface area contributed by atoms with Crippen LogP contribution in [0.25, 0.3) is 0 Å². The third kappa shape index (κ3) is 3.71. The van der Waals surface area contributed by atoms with E-state index < -0.39 is 0 Å². The fourth-order valence-electron chi connectivity index (χ4n) is 2.77. The second-order valence-corrected chi connectivity index (χ2v) is 5.74. The number of benzene rings is 1. The lowest BCUT2D eigenvalue weighted by atomic mass is 10.2. The molecule has 0 radical (unpaired) electrons. The van der Waals surface area contributed by atoms with E-state index in [0.717, 1.165) is 5.69 Å². The second kappa shape index (κ2) is 7.21. The number of para-hydroxylation sites is 2. The third-order valence-electron chi connectivity index (χ3n) is 3.96. The molecule has 1 fully saturated rings. The molecule has 7 heteroatoms. The first-order chi connectivity index (χ1) is 12.1. The van der Waals surface area contributed by atoms with Gasteiger partial charge < -0.3 is 15.0 Å². The van der Waals surface area contributed by atoms with Gasteiger partial charge in [-0.1, -0.05) is 18.2 Å². The number of carbonyl (C=O) groups excluding carboxylic acids is 2. The number of rotatable bonds is 5. The number of aryl methyl sites for hydroxylation is 1. The van der Waals surface area contributed by atoms with Gasteiger partial charge in [0.15, 0.2) is 0 Å². The number of urea groups is 1. The summed E-state index contributed by atoms with van der Waals surface area (Å²) in [7, 11) is 1.57. The van der Waals surface area contributed by atoms with Crippen LogP contribution in [0.15, 0.2) is 42.5 Å². The van der Waals surface area contributed by atoms with Crippen LogP contribution in [0.3, 0.4) is 0 Å². The summed E-state index contributed by atoms with van der Waals surface area (Å²) in [6.45, 7) is 2.83. The minimum absolute atomic E-state index is 0.0138. The fraction of sp³-hybridized carbons (Fsp3) is 0.278. The summed E-state index contributed by atoms with van der Waals surface area (Å²) in [4.78, 5) is 32.2. The predicted molar refractivity (Wildman–Crippen MR) is 94.9 cm³/mol. The molecule has 0 bridgehead atoms. The van der Waals surface area contributed by atoms with Crippen molar-refractivity contribution in [1.29, 1.82) is 0 Å². The molecule has 3 amide bonds. The van der Waals surface area contributed by atoms with Crippen molar-refractivity contribution in [3.05, 3.63) is 48.2 Å². The highest BCUT2D eigenvalue weighted by Gasteiger charge is 2.32. The molecule has 130 valence electrons. The third-order valence-corrected chi connectivity index (χ3v) is 3.96. The average molecular weight is 340 g/mol. The molecule has 1 aromatic heterocycles. The van der Waals surface area contributed by atoms with Crippen LogP contribution in [0.4, 0.5) is 16.3 Å². The minimum Gasteiger partial charge on any atom is -0.495 e. The first-order valence-electron chi connectivity index (χ1n) is 8.01. The maximum absolute atomic E-state index is 12.6. The van der Waals surface area contributed by atoms with Gasteiger partial charge in [-0.15, -0.1) is 0 Å². The largest absolute Gasteiger partial charge is 0.495 e. The van der Waals surface area contributed by atoms with Crippen molar-refractivity contribution in [2.45, 2.75) is 6.92 Å². The minimum atomic E-state index is -0.270. The molecule has 2 heterocycles. The number of aromatic nitrogens is 1. The Morgan fingerprint density at radius 1 is 1.20 bits per heavy atom. The first-order valence-corrected chi connectivity index (χ1v) is 8.01. The highest BCUT2D eigenvalue weighted by molar-refractivity contribution is 5.99. The SMILES string of the molecule is COc1ccccc1N1CCN(CC(=O)Nc2cccc(C)n2)C1=O. The lowest BCUT2D eigenvalue weighted by Gasteiger charge is -2.20. The van der Waals surface area contributed by atoms with Gasteiger partial charge in [0.25, 0.3) is 0 Å². The molecule has 1 saturated heterocycles. The smallest absolute Gasteiger partial charge is 0.325 e. The van der Waals surface area contributed by atoms with Crippen LogP contribution in [0.2, 0.25) is 0 Å². The number of nitrogens with zero attached hydrogens (tertiary/aromatic N) is 3. The van der Waals surface area contributed by atoms with Gasteiger partial charge in [0, 0.05) is 18.8 Å². The van der Waals surface area contributed by atoms with Crippen LogP contribution in [0.5, 0.6) is 5.75 Å². The number of amides is 3. The molecule has 0 spiro atoms. The zero-order chi connectivity index (χ0) is 17.8. The number of methoxy groups -OCH3 is 1. The normalized spacial score (nSPS) is 13.9. The number of pyridine rings is 1. The number of hydrogen-bond donors (Lipinski definition) is 1. The van der Waals surface area contributed by atoms with E-state index in [4.69, 9.17) is 4.74 Å². The quantitative estimate of drug-likeness (QED) is 0.906. The Morgan fingerprint density at radius 3 is 2.76 bits per heavy atom. The summed E-state index contributed by atoms with van der Waals surface area (Å²) in [5, 5.41) is 2.72. The average Bonchev–Trinajstić information content (AvgIpc) is 2.95. The Kier molecular flexibility index (Phi) is 4.83. The Bertz CT molecular complexity index is 793. The van der Waals surface area contributed by atoms with E-state index in [1.807, 2.05) is 37.3 Å². The van der Waals surface area contributed by atoms with Crippen LogP contribution in [0, 0.1) is 6.92 Å². The van der Waals surface area contributed by atoms with Crippen molar-refractivity contribution in [3.63, 3.8) is 0 Å². The van der Waals surface area contributed by atoms with Crippen molar-refractivity contribution in [1.82, 2.24) is 9.88 Å². The predicted octanol–water partition coefficient (Wildman–Crippen LogP) is 2.28. The molecule has 0 saturated carbocycles. The van der Waals surface area contributed by atoms with E-state index in [1.165, 1.54) is 4.90 Å². The standard InChI is InChI=1S/C18H20N4O3/c1-13-6-5-9-16(19-13)20-17(23)12-21-10-11-22(18(21)24)14-7-3-4-8-15(14)25-2/h3-9H,10-12H2,1-2H3,(H,19,20,23). The van der Waals surface area contributed by atoms with Crippen LogP contribution in [-0.4, -0.2) is 48.6 Å². The molecule has 1 aromatic carbocycles. The molecular formula is C18H20N4O3. The van der Waals surface area contributed by atoms with Gasteiger partial charge in [-0.05, 0) is 31.2 Å². The molecule has 3 rings (SSSR count). The molecule has 7 nitrogen and oxygen atoms in total. The molecule has 1 N–H and O–H groups in total. The molecule has 1 aliphatic rings. The van der Waals surface area contributed by atoms with Crippen molar-refractivity contribution in [3.8, 4) is 5.75 Å². The molecule has 0 atom stereocenters. The Balaban J connectivity index is 1.65. The van der Waals surface area contributed by atoms with E-state index in [2.05, 4.69) is 10.3 Å². The zero-order valence-electron chi connectivity index (χ0n) is 14.2. The molecule has 25 heavy (non-hydrogen) atoms. The maximum atomic E-state index is 12.6.